The van der Waals surface area contributed by atoms with E-state index < -0.39 is 0 Å². The number of rotatable bonds is 2. The summed E-state index contributed by atoms with van der Waals surface area (Å²) in [6.45, 7) is 1.76. The Morgan fingerprint density at radius 1 is 1.40 bits per heavy atom. The number of hydrogen-bond acceptors (Lipinski definition) is 3. The summed E-state index contributed by atoms with van der Waals surface area (Å²) in [6.07, 6.45) is 1.55. The molecule has 0 aliphatic heterocycles. The summed E-state index contributed by atoms with van der Waals surface area (Å²) in [5.74, 6) is 1.11. The number of aromatic nitrogens is 1. The van der Waals surface area contributed by atoms with Crippen LogP contribution in [0, 0.1) is 12.7 Å². The highest BCUT2D eigenvalue weighted by Gasteiger charge is 2.11. The second-order valence-corrected chi connectivity index (χ2v) is 3.12. The van der Waals surface area contributed by atoms with Gasteiger partial charge in [-0.3, -0.25) is 0 Å². The lowest BCUT2D eigenvalue weighted by molar-refractivity contribution is 0.413. The molecule has 0 radical (unpaired) electrons. The standard InChI is InChI=1S/C11H10FNO2/c1-7-6-13-11(15-7)9-5-8(14-2)3-4-10(9)12/h3-6H,1-2H3. The van der Waals surface area contributed by atoms with Crippen molar-refractivity contribution < 1.29 is 13.5 Å². The summed E-state index contributed by atoms with van der Waals surface area (Å²) in [6, 6.07) is 4.43. The molecule has 2 aromatic rings. The van der Waals surface area contributed by atoms with Gasteiger partial charge in [0, 0.05) is 0 Å². The van der Waals surface area contributed by atoms with E-state index >= 15 is 0 Å². The van der Waals surface area contributed by atoms with Crippen LogP contribution in [0.15, 0.2) is 28.8 Å². The Morgan fingerprint density at radius 3 is 2.80 bits per heavy atom. The second kappa shape index (κ2) is 3.73. The predicted octanol–water partition coefficient (Wildman–Crippen LogP) is 2.80. The molecular formula is C11H10FNO2. The molecule has 0 saturated heterocycles. The van der Waals surface area contributed by atoms with Crippen LogP contribution in [0.3, 0.4) is 0 Å². The van der Waals surface area contributed by atoms with Crippen molar-refractivity contribution in [3.05, 3.63) is 36.0 Å². The quantitative estimate of drug-likeness (QED) is 0.759. The number of oxazole rings is 1. The largest absolute Gasteiger partial charge is 0.497 e. The van der Waals surface area contributed by atoms with Crippen molar-refractivity contribution in [1.29, 1.82) is 0 Å². The van der Waals surface area contributed by atoms with Gasteiger partial charge in [-0.05, 0) is 25.1 Å². The summed E-state index contributed by atoms with van der Waals surface area (Å²) in [7, 11) is 1.53. The zero-order valence-electron chi connectivity index (χ0n) is 8.45. The minimum atomic E-state index is -0.377. The number of benzene rings is 1. The van der Waals surface area contributed by atoms with E-state index in [2.05, 4.69) is 4.98 Å². The molecule has 0 amide bonds. The lowest BCUT2D eigenvalue weighted by atomic mass is 10.2. The van der Waals surface area contributed by atoms with Crippen molar-refractivity contribution in [2.75, 3.05) is 7.11 Å². The Hall–Kier alpha value is -1.84. The summed E-state index contributed by atoms with van der Waals surface area (Å²) in [5.41, 5.74) is 0.308. The van der Waals surface area contributed by atoms with Gasteiger partial charge >= 0.3 is 0 Å². The van der Waals surface area contributed by atoms with Gasteiger partial charge in [0.2, 0.25) is 5.89 Å². The van der Waals surface area contributed by atoms with Crippen LogP contribution in [-0.4, -0.2) is 12.1 Å². The average molecular weight is 207 g/mol. The van der Waals surface area contributed by atoms with Gasteiger partial charge in [0.1, 0.15) is 17.3 Å². The van der Waals surface area contributed by atoms with Gasteiger partial charge in [0.25, 0.3) is 0 Å². The van der Waals surface area contributed by atoms with E-state index in [0.717, 1.165) is 0 Å². The molecule has 0 atom stereocenters. The monoisotopic (exact) mass is 207 g/mol. The van der Waals surface area contributed by atoms with E-state index in [0.29, 0.717) is 17.1 Å². The number of methoxy groups -OCH3 is 1. The molecule has 0 spiro atoms. The van der Waals surface area contributed by atoms with Crippen molar-refractivity contribution in [1.82, 2.24) is 4.98 Å². The molecule has 0 bridgehead atoms. The lowest BCUT2D eigenvalue weighted by Gasteiger charge is -2.02. The minimum absolute atomic E-state index is 0.268. The molecule has 78 valence electrons. The van der Waals surface area contributed by atoms with E-state index in [1.807, 2.05) is 0 Å². The van der Waals surface area contributed by atoms with Crippen LogP contribution in [0.2, 0.25) is 0 Å². The van der Waals surface area contributed by atoms with Crippen molar-refractivity contribution >= 4 is 0 Å². The smallest absolute Gasteiger partial charge is 0.229 e. The summed E-state index contributed by atoms with van der Waals surface area (Å²) < 4.78 is 23.7. The molecule has 2 rings (SSSR count). The summed E-state index contributed by atoms with van der Waals surface area (Å²) in [5, 5.41) is 0. The van der Waals surface area contributed by atoms with Crippen LogP contribution in [-0.2, 0) is 0 Å². The number of halogens is 1. The fourth-order valence-electron chi connectivity index (χ4n) is 1.27. The first-order valence-electron chi connectivity index (χ1n) is 4.47. The fraction of sp³-hybridized carbons (Fsp3) is 0.182. The maximum Gasteiger partial charge on any atom is 0.229 e. The summed E-state index contributed by atoms with van der Waals surface area (Å²) in [4.78, 5) is 3.96. The van der Waals surface area contributed by atoms with Gasteiger partial charge in [0.15, 0.2) is 0 Å². The first-order valence-corrected chi connectivity index (χ1v) is 4.47. The van der Waals surface area contributed by atoms with E-state index in [4.69, 9.17) is 9.15 Å². The van der Waals surface area contributed by atoms with Gasteiger partial charge < -0.3 is 9.15 Å². The van der Waals surface area contributed by atoms with Gasteiger partial charge in [-0.15, -0.1) is 0 Å². The molecule has 0 N–H and O–H groups in total. The molecule has 1 aromatic carbocycles. The fourth-order valence-corrected chi connectivity index (χ4v) is 1.27. The Kier molecular flexibility index (Phi) is 2.41. The molecular weight excluding hydrogens is 197 g/mol. The molecule has 4 heteroatoms. The van der Waals surface area contributed by atoms with Crippen LogP contribution >= 0.6 is 0 Å². The minimum Gasteiger partial charge on any atom is -0.497 e. The zero-order chi connectivity index (χ0) is 10.8. The first-order chi connectivity index (χ1) is 7.20. The van der Waals surface area contributed by atoms with Crippen LogP contribution in [0.4, 0.5) is 4.39 Å². The molecule has 0 unspecified atom stereocenters. The molecule has 1 heterocycles. The third kappa shape index (κ3) is 1.83. The highest BCUT2D eigenvalue weighted by Crippen LogP contribution is 2.26. The van der Waals surface area contributed by atoms with Crippen molar-refractivity contribution in [2.45, 2.75) is 6.92 Å². The topological polar surface area (TPSA) is 35.3 Å². The SMILES string of the molecule is COc1ccc(F)c(-c2ncc(C)o2)c1. The number of aryl methyl sites for hydroxylation is 1. The highest BCUT2D eigenvalue weighted by atomic mass is 19.1. The first kappa shape index (κ1) is 9.71. The Labute approximate surface area is 86.5 Å². The molecule has 3 nitrogen and oxygen atoms in total. The third-order valence-corrected chi connectivity index (χ3v) is 2.03. The number of nitrogens with zero attached hydrogens (tertiary/aromatic N) is 1. The van der Waals surface area contributed by atoms with Crippen LogP contribution in [0.1, 0.15) is 5.76 Å². The lowest BCUT2D eigenvalue weighted by Crippen LogP contribution is -1.88. The van der Waals surface area contributed by atoms with Crippen LogP contribution in [0.25, 0.3) is 11.5 Å². The van der Waals surface area contributed by atoms with E-state index in [1.54, 1.807) is 25.3 Å². The molecule has 15 heavy (non-hydrogen) atoms. The van der Waals surface area contributed by atoms with Crippen molar-refractivity contribution in [3.63, 3.8) is 0 Å². The molecule has 0 aliphatic carbocycles. The van der Waals surface area contributed by atoms with Gasteiger partial charge in [-0.2, -0.15) is 0 Å². The van der Waals surface area contributed by atoms with Crippen LogP contribution < -0.4 is 4.74 Å². The van der Waals surface area contributed by atoms with Crippen LogP contribution in [0.5, 0.6) is 5.75 Å². The maximum atomic E-state index is 13.4. The van der Waals surface area contributed by atoms with E-state index in [1.165, 1.54) is 13.2 Å². The maximum absolute atomic E-state index is 13.4. The van der Waals surface area contributed by atoms with E-state index in [9.17, 15) is 4.39 Å². The molecule has 0 saturated carbocycles. The van der Waals surface area contributed by atoms with Gasteiger partial charge in [-0.1, -0.05) is 0 Å². The number of ether oxygens (including phenoxy) is 1. The molecule has 0 fully saturated rings. The summed E-state index contributed by atoms with van der Waals surface area (Å²) >= 11 is 0. The predicted molar refractivity (Wildman–Crippen MR) is 53.2 cm³/mol. The average Bonchev–Trinajstić information content (AvgIpc) is 2.65. The normalized spacial score (nSPS) is 10.3. The van der Waals surface area contributed by atoms with Gasteiger partial charge in [-0.25, -0.2) is 9.37 Å². The van der Waals surface area contributed by atoms with E-state index in [-0.39, 0.29) is 11.7 Å². The Bertz CT molecular complexity index is 479. The van der Waals surface area contributed by atoms with Gasteiger partial charge in [0.05, 0.1) is 18.9 Å². The molecule has 0 aliphatic rings. The Morgan fingerprint density at radius 2 is 2.20 bits per heavy atom. The van der Waals surface area contributed by atoms with Crippen molar-refractivity contribution in [3.8, 4) is 17.2 Å². The second-order valence-electron chi connectivity index (χ2n) is 3.12. The number of hydrogen-bond donors (Lipinski definition) is 0. The zero-order valence-corrected chi connectivity index (χ0v) is 8.45. The Balaban J connectivity index is 2.51. The molecule has 1 aromatic heterocycles. The van der Waals surface area contributed by atoms with Crippen molar-refractivity contribution in [2.24, 2.45) is 0 Å². The third-order valence-electron chi connectivity index (χ3n) is 2.03. The highest BCUT2D eigenvalue weighted by molar-refractivity contribution is 5.56.